The van der Waals surface area contributed by atoms with Crippen molar-refractivity contribution in [2.75, 3.05) is 0 Å². The van der Waals surface area contributed by atoms with Gasteiger partial charge < -0.3 is 4.74 Å². The minimum atomic E-state index is 0.505. The molecule has 0 fully saturated rings. The Hall–Kier alpha value is -2.47. The van der Waals surface area contributed by atoms with Crippen molar-refractivity contribution < 1.29 is 4.74 Å². The average Bonchev–Trinajstić information content (AvgIpc) is 3.07. The average molecular weight is 357 g/mol. The smallest absolute Gasteiger partial charge is 0.141 e. The van der Waals surface area contributed by atoms with Crippen molar-refractivity contribution in [1.82, 2.24) is 14.9 Å². The van der Waals surface area contributed by atoms with Gasteiger partial charge in [0.25, 0.3) is 0 Å². The minimum absolute atomic E-state index is 0.505. The van der Waals surface area contributed by atoms with Crippen LogP contribution in [0.4, 0.5) is 0 Å². The number of benzene rings is 2. The second-order valence-electron chi connectivity index (χ2n) is 4.54. The Morgan fingerprint density at radius 1 is 1.05 bits per heavy atom. The third kappa shape index (κ3) is 3.79. The van der Waals surface area contributed by atoms with Crippen LogP contribution in [0.5, 0.6) is 5.75 Å². The highest BCUT2D eigenvalue weighted by atomic mass is 79.9. The van der Waals surface area contributed by atoms with Gasteiger partial charge in [-0.2, -0.15) is 5.10 Å². The molecule has 110 valence electrons. The van der Waals surface area contributed by atoms with E-state index in [2.05, 4.69) is 31.2 Å². The number of hydrogen-bond donors (Lipinski definition) is 0. The van der Waals surface area contributed by atoms with Gasteiger partial charge in [-0.1, -0.05) is 40.2 Å². The van der Waals surface area contributed by atoms with Crippen LogP contribution in [-0.4, -0.2) is 21.1 Å². The van der Waals surface area contributed by atoms with E-state index in [0.717, 1.165) is 21.3 Å². The highest BCUT2D eigenvalue weighted by molar-refractivity contribution is 9.10. The summed E-state index contributed by atoms with van der Waals surface area (Å²) in [4.78, 5) is 0. The van der Waals surface area contributed by atoms with Crippen LogP contribution in [0.1, 0.15) is 11.1 Å². The maximum Gasteiger partial charge on any atom is 0.141 e. The van der Waals surface area contributed by atoms with Gasteiger partial charge >= 0.3 is 0 Å². The molecule has 6 heteroatoms. The maximum atomic E-state index is 5.89. The second kappa shape index (κ2) is 7.00. The van der Waals surface area contributed by atoms with E-state index in [1.54, 1.807) is 6.21 Å². The predicted octanol–water partition coefficient (Wildman–Crippen LogP) is 3.50. The monoisotopic (exact) mass is 356 g/mol. The molecule has 22 heavy (non-hydrogen) atoms. The molecule has 0 aliphatic heterocycles. The summed E-state index contributed by atoms with van der Waals surface area (Å²) in [5.74, 6) is 0.780. The zero-order valence-electron chi connectivity index (χ0n) is 11.6. The SMILES string of the molecule is Brc1ccc(COc2ccccc2/C=N/n2cnnc2)cc1. The molecule has 0 unspecified atom stereocenters. The molecule has 5 nitrogen and oxygen atoms in total. The van der Waals surface area contributed by atoms with Gasteiger partial charge in [0, 0.05) is 10.0 Å². The molecular weight excluding hydrogens is 344 g/mol. The molecule has 0 amide bonds. The van der Waals surface area contributed by atoms with Gasteiger partial charge in [-0.3, -0.25) is 0 Å². The lowest BCUT2D eigenvalue weighted by molar-refractivity contribution is 0.306. The third-order valence-electron chi connectivity index (χ3n) is 2.96. The first-order valence-electron chi connectivity index (χ1n) is 6.66. The van der Waals surface area contributed by atoms with Gasteiger partial charge in [0.2, 0.25) is 0 Å². The Balaban J connectivity index is 1.72. The van der Waals surface area contributed by atoms with E-state index >= 15 is 0 Å². The summed E-state index contributed by atoms with van der Waals surface area (Å²) < 4.78 is 8.47. The van der Waals surface area contributed by atoms with Crippen molar-refractivity contribution in [1.29, 1.82) is 0 Å². The molecule has 0 radical (unpaired) electrons. The van der Waals surface area contributed by atoms with E-state index in [1.165, 1.54) is 17.3 Å². The summed E-state index contributed by atoms with van der Waals surface area (Å²) in [6.07, 6.45) is 4.78. The van der Waals surface area contributed by atoms with E-state index in [4.69, 9.17) is 4.74 Å². The van der Waals surface area contributed by atoms with Gasteiger partial charge in [0.05, 0.1) is 6.21 Å². The van der Waals surface area contributed by atoms with Crippen LogP contribution in [-0.2, 0) is 6.61 Å². The topological polar surface area (TPSA) is 52.3 Å². The predicted molar refractivity (Wildman–Crippen MR) is 87.9 cm³/mol. The Kier molecular flexibility index (Phi) is 4.60. The molecule has 1 aromatic heterocycles. The highest BCUT2D eigenvalue weighted by Crippen LogP contribution is 2.18. The number of aromatic nitrogens is 3. The Labute approximate surface area is 136 Å². The van der Waals surface area contributed by atoms with E-state index in [1.807, 2.05) is 48.5 Å². The van der Waals surface area contributed by atoms with E-state index in [9.17, 15) is 0 Å². The first-order chi connectivity index (χ1) is 10.8. The molecule has 3 rings (SSSR count). The lowest BCUT2D eigenvalue weighted by Crippen LogP contribution is -1.98. The third-order valence-corrected chi connectivity index (χ3v) is 3.49. The normalized spacial score (nSPS) is 11.0. The lowest BCUT2D eigenvalue weighted by Gasteiger charge is -2.09. The van der Waals surface area contributed by atoms with Crippen LogP contribution in [0.15, 0.2) is 70.8 Å². The van der Waals surface area contributed by atoms with Crippen molar-refractivity contribution >= 4 is 22.1 Å². The van der Waals surface area contributed by atoms with Crippen LogP contribution >= 0.6 is 15.9 Å². The largest absolute Gasteiger partial charge is 0.488 e. The van der Waals surface area contributed by atoms with Crippen LogP contribution in [0, 0.1) is 0 Å². The minimum Gasteiger partial charge on any atom is -0.488 e. The summed E-state index contributed by atoms with van der Waals surface area (Å²) in [5.41, 5.74) is 2.00. The maximum absolute atomic E-state index is 5.89. The zero-order valence-corrected chi connectivity index (χ0v) is 13.2. The summed E-state index contributed by atoms with van der Waals surface area (Å²) in [6, 6.07) is 15.8. The van der Waals surface area contributed by atoms with Crippen LogP contribution < -0.4 is 4.74 Å². The second-order valence-corrected chi connectivity index (χ2v) is 5.46. The Morgan fingerprint density at radius 3 is 2.55 bits per heavy atom. The standard InChI is InChI=1S/C16H13BrN4O/c17-15-7-5-13(6-8-15)10-22-16-4-2-1-3-14(16)9-20-21-11-18-19-12-21/h1-9,11-12H,10H2/b20-9+. The fourth-order valence-electron chi connectivity index (χ4n) is 1.84. The molecular formula is C16H13BrN4O. The number of rotatable bonds is 5. The Morgan fingerprint density at radius 2 is 1.77 bits per heavy atom. The summed E-state index contributed by atoms with van der Waals surface area (Å²) in [5, 5.41) is 11.7. The van der Waals surface area contributed by atoms with Crippen molar-refractivity contribution in [3.8, 4) is 5.75 Å². The number of ether oxygens (including phenoxy) is 1. The summed E-state index contributed by atoms with van der Waals surface area (Å²) >= 11 is 3.42. The lowest BCUT2D eigenvalue weighted by atomic mass is 10.2. The van der Waals surface area contributed by atoms with Crippen molar-refractivity contribution in [3.63, 3.8) is 0 Å². The summed E-state index contributed by atoms with van der Waals surface area (Å²) in [7, 11) is 0. The molecule has 0 saturated heterocycles. The molecule has 0 spiro atoms. The molecule has 2 aromatic carbocycles. The zero-order chi connectivity index (χ0) is 15.2. The number of nitrogens with zero attached hydrogens (tertiary/aromatic N) is 4. The van der Waals surface area contributed by atoms with Gasteiger partial charge in [0.1, 0.15) is 25.0 Å². The quantitative estimate of drug-likeness (QED) is 0.657. The van der Waals surface area contributed by atoms with E-state index in [0.29, 0.717) is 6.61 Å². The van der Waals surface area contributed by atoms with E-state index < -0.39 is 0 Å². The molecule has 3 aromatic rings. The molecule has 0 aliphatic carbocycles. The fourth-order valence-corrected chi connectivity index (χ4v) is 2.11. The molecule has 0 aliphatic rings. The first-order valence-corrected chi connectivity index (χ1v) is 7.46. The van der Waals surface area contributed by atoms with Gasteiger partial charge in [-0.05, 0) is 29.8 Å². The highest BCUT2D eigenvalue weighted by Gasteiger charge is 2.01. The number of hydrogen-bond acceptors (Lipinski definition) is 4. The molecule has 0 atom stereocenters. The van der Waals surface area contributed by atoms with E-state index in [-0.39, 0.29) is 0 Å². The Bertz CT molecular complexity index is 754. The van der Waals surface area contributed by atoms with Gasteiger partial charge in [-0.15, -0.1) is 10.2 Å². The molecule has 0 saturated carbocycles. The van der Waals surface area contributed by atoms with Gasteiger partial charge in [0.15, 0.2) is 0 Å². The molecule has 0 N–H and O–H groups in total. The summed E-state index contributed by atoms with van der Waals surface area (Å²) in [6.45, 7) is 0.505. The number of para-hydroxylation sites is 1. The van der Waals surface area contributed by atoms with Gasteiger partial charge in [-0.25, -0.2) is 4.68 Å². The van der Waals surface area contributed by atoms with Crippen LogP contribution in [0.3, 0.4) is 0 Å². The van der Waals surface area contributed by atoms with Crippen LogP contribution in [0.2, 0.25) is 0 Å². The number of halogens is 1. The molecule has 0 bridgehead atoms. The van der Waals surface area contributed by atoms with Crippen LogP contribution in [0.25, 0.3) is 0 Å². The van der Waals surface area contributed by atoms with Crippen molar-refractivity contribution in [3.05, 3.63) is 76.8 Å². The van der Waals surface area contributed by atoms with Crippen molar-refractivity contribution in [2.45, 2.75) is 6.61 Å². The first kappa shape index (κ1) is 14.5. The fraction of sp³-hybridized carbons (Fsp3) is 0.0625. The molecule has 1 heterocycles. The van der Waals surface area contributed by atoms with Crippen molar-refractivity contribution in [2.24, 2.45) is 5.10 Å².